The molecule has 7 heteroatoms. The Bertz CT molecular complexity index is 1070. The molecule has 0 saturated carbocycles. The molecule has 0 spiro atoms. The number of rotatable bonds is 5. The molecule has 0 saturated heterocycles. The minimum absolute atomic E-state index is 0.672. The predicted molar refractivity (Wildman–Crippen MR) is 101 cm³/mol. The molecule has 4 rings (SSSR count). The van der Waals surface area contributed by atoms with Gasteiger partial charge in [-0.15, -0.1) is 0 Å². The van der Waals surface area contributed by atoms with Crippen molar-refractivity contribution in [1.82, 2.24) is 14.6 Å². The smallest absolute Gasteiger partial charge is 0.213 e. The second-order valence-corrected chi connectivity index (χ2v) is 6.50. The van der Waals surface area contributed by atoms with Gasteiger partial charge in [0.05, 0.1) is 33.2 Å². The van der Waals surface area contributed by atoms with Crippen LogP contribution in [0.5, 0.6) is 17.2 Å². The molecule has 4 aromatic rings. The Morgan fingerprint density at radius 2 is 1.73 bits per heavy atom. The van der Waals surface area contributed by atoms with Crippen LogP contribution in [0.1, 0.15) is 0 Å². The van der Waals surface area contributed by atoms with Crippen molar-refractivity contribution in [1.29, 1.82) is 0 Å². The van der Waals surface area contributed by atoms with Gasteiger partial charge in [-0.05, 0) is 30.3 Å². The molecule has 0 fully saturated rings. The van der Waals surface area contributed by atoms with Crippen LogP contribution in [0.3, 0.4) is 0 Å². The lowest BCUT2D eigenvalue weighted by Gasteiger charge is -2.08. The highest BCUT2D eigenvalue weighted by molar-refractivity contribution is 7.19. The zero-order chi connectivity index (χ0) is 18.1. The maximum atomic E-state index is 5.39. The Kier molecular flexibility index (Phi) is 4.22. The maximum absolute atomic E-state index is 5.39. The summed E-state index contributed by atoms with van der Waals surface area (Å²) >= 11 is 1.52. The summed E-state index contributed by atoms with van der Waals surface area (Å²) in [6.07, 6.45) is 1.83. The molecule has 2 aromatic heterocycles. The topological polar surface area (TPSA) is 57.9 Å². The Labute approximate surface area is 154 Å². The highest BCUT2D eigenvalue weighted by atomic mass is 32.1. The van der Waals surface area contributed by atoms with Crippen LogP contribution in [0.2, 0.25) is 0 Å². The van der Waals surface area contributed by atoms with E-state index < -0.39 is 0 Å². The lowest BCUT2D eigenvalue weighted by Crippen LogP contribution is -1.92. The number of fused-ring (bicyclic) bond motifs is 1. The number of imidazole rings is 1. The van der Waals surface area contributed by atoms with Gasteiger partial charge in [-0.2, -0.15) is 5.10 Å². The van der Waals surface area contributed by atoms with Crippen LogP contribution in [-0.4, -0.2) is 35.9 Å². The van der Waals surface area contributed by atoms with Gasteiger partial charge in [0.15, 0.2) is 11.5 Å². The van der Waals surface area contributed by atoms with Crippen LogP contribution in [0, 0.1) is 0 Å². The molecule has 2 heterocycles. The van der Waals surface area contributed by atoms with E-state index in [0.29, 0.717) is 11.5 Å². The fourth-order valence-electron chi connectivity index (χ4n) is 2.76. The molecule has 6 nitrogen and oxygen atoms in total. The Hall–Kier alpha value is -3.06. The standard InChI is InChI=1S/C19H17N3O3S/c1-23-14-6-4-5-12(9-14)15-11-20-19-22(15)21-18(26-19)13-7-8-16(24-2)17(10-13)25-3/h4-11H,1-3H3. The normalized spacial score (nSPS) is 10.9. The first-order valence-electron chi connectivity index (χ1n) is 7.95. The second kappa shape index (κ2) is 6.68. The van der Waals surface area contributed by atoms with Crippen LogP contribution in [-0.2, 0) is 0 Å². The third-order valence-corrected chi connectivity index (χ3v) is 5.05. The zero-order valence-electron chi connectivity index (χ0n) is 14.6. The zero-order valence-corrected chi connectivity index (χ0v) is 15.4. The van der Waals surface area contributed by atoms with E-state index >= 15 is 0 Å². The summed E-state index contributed by atoms with van der Waals surface area (Å²) in [4.78, 5) is 5.32. The van der Waals surface area contributed by atoms with Crippen molar-refractivity contribution in [2.45, 2.75) is 0 Å². The van der Waals surface area contributed by atoms with Crippen molar-refractivity contribution >= 4 is 16.3 Å². The maximum Gasteiger partial charge on any atom is 0.213 e. The lowest BCUT2D eigenvalue weighted by molar-refractivity contribution is 0.355. The first-order chi connectivity index (χ1) is 12.7. The molecule has 0 unspecified atom stereocenters. The summed E-state index contributed by atoms with van der Waals surface area (Å²) in [5.74, 6) is 2.16. The Morgan fingerprint density at radius 3 is 2.50 bits per heavy atom. The molecule has 0 aliphatic heterocycles. The molecule has 0 N–H and O–H groups in total. The van der Waals surface area contributed by atoms with E-state index in [1.165, 1.54) is 11.3 Å². The molecule has 0 bridgehead atoms. The van der Waals surface area contributed by atoms with Crippen LogP contribution in [0.25, 0.3) is 26.8 Å². The first kappa shape index (κ1) is 16.4. The molecule has 0 aliphatic rings. The largest absolute Gasteiger partial charge is 0.497 e. The number of hydrogen-bond donors (Lipinski definition) is 0. The minimum atomic E-state index is 0.672. The van der Waals surface area contributed by atoms with Gasteiger partial charge >= 0.3 is 0 Å². The summed E-state index contributed by atoms with van der Waals surface area (Å²) in [6, 6.07) is 13.6. The number of methoxy groups -OCH3 is 3. The summed E-state index contributed by atoms with van der Waals surface area (Å²) in [5, 5.41) is 5.60. The summed E-state index contributed by atoms with van der Waals surface area (Å²) in [5.41, 5.74) is 2.87. The first-order valence-corrected chi connectivity index (χ1v) is 8.76. The van der Waals surface area contributed by atoms with E-state index in [-0.39, 0.29) is 0 Å². The summed E-state index contributed by atoms with van der Waals surface area (Å²) < 4.78 is 17.9. The molecule has 0 atom stereocenters. The van der Waals surface area contributed by atoms with Gasteiger partial charge in [-0.3, -0.25) is 0 Å². The highest BCUT2D eigenvalue weighted by Crippen LogP contribution is 2.35. The van der Waals surface area contributed by atoms with Gasteiger partial charge in [0, 0.05) is 11.1 Å². The lowest BCUT2D eigenvalue weighted by atomic mass is 10.1. The molecule has 0 amide bonds. The van der Waals surface area contributed by atoms with E-state index in [9.17, 15) is 0 Å². The number of nitrogens with zero attached hydrogens (tertiary/aromatic N) is 3. The van der Waals surface area contributed by atoms with Gasteiger partial charge in [0.25, 0.3) is 0 Å². The molecule has 26 heavy (non-hydrogen) atoms. The number of benzene rings is 2. The van der Waals surface area contributed by atoms with Crippen molar-refractivity contribution in [3.63, 3.8) is 0 Å². The van der Waals surface area contributed by atoms with Gasteiger partial charge < -0.3 is 14.2 Å². The number of aromatic nitrogens is 3. The van der Waals surface area contributed by atoms with Crippen LogP contribution in [0.15, 0.2) is 48.7 Å². The average molecular weight is 367 g/mol. The highest BCUT2D eigenvalue weighted by Gasteiger charge is 2.15. The monoisotopic (exact) mass is 367 g/mol. The van der Waals surface area contributed by atoms with Crippen molar-refractivity contribution in [2.24, 2.45) is 0 Å². The SMILES string of the molecule is COc1cccc(-c2cnc3sc(-c4ccc(OC)c(OC)c4)nn23)c1. The van der Waals surface area contributed by atoms with Crippen molar-refractivity contribution in [3.8, 4) is 39.1 Å². The van der Waals surface area contributed by atoms with E-state index in [1.54, 1.807) is 21.3 Å². The Morgan fingerprint density at radius 1 is 0.885 bits per heavy atom. The van der Waals surface area contributed by atoms with Crippen LogP contribution < -0.4 is 14.2 Å². The van der Waals surface area contributed by atoms with E-state index in [2.05, 4.69) is 4.98 Å². The van der Waals surface area contributed by atoms with Crippen molar-refractivity contribution in [2.75, 3.05) is 21.3 Å². The molecule has 0 aliphatic carbocycles. The van der Waals surface area contributed by atoms with E-state index in [4.69, 9.17) is 19.3 Å². The average Bonchev–Trinajstić information content (AvgIpc) is 3.28. The van der Waals surface area contributed by atoms with Gasteiger partial charge in [0.1, 0.15) is 10.8 Å². The molecule has 2 aromatic carbocycles. The summed E-state index contributed by atoms with van der Waals surface area (Å²) in [6.45, 7) is 0. The van der Waals surface area contributed by atoms with E-state index in [1.807, 2.05) is 53.2 Å². The third-order valence-electron chi connectivity index (χ3n) is 4.08. The van der Waals surface area contributed by atoms with Crippen molar-refractivity contribution < 1.29 is 14.2 Å². The Balaban J connectivity index is 1.79. The quantitative estimate of drug-likeness (QED) is 0.530. The fourth-order valence-corrected chi connectivity index (χ4v) is 3.63. The second-order valence-electron chi connectivity index (χ2n) is 5.55. The van der Waals surface area contributed by atoms with Gasteiger partial charge in [-0.1, -0.05) is 23.5 Å². The molecule has 132 valence electrons. The molecular weight excluding hydrogens is 350 g/mol. The molecule has 0 radical (unpaired) electrons. The predicted octanol–water partition coefficient (Wildman–Crippen LogP) is 4.15. The van der Waals surface area contributed by atoms with Crippen LogP contribution in [0.4, 0.5) is 0 Å². The fraction of sp³-hybridized carbons (Fsp3) is 0.158. The minimum Gasteiger partial charge on any atom is -0.497 e. The van der Waals surface area contributed by atoms with Gasteiger partial charge in [0.2, 0.25) is 4.96 Å². The third kappa shape index (κ3) is 2.76. The van der Waals surface area contributed by atoms with Crippen molar-refractivity contribution in [3.05, 3.63) is 48.7 Å². The molecular formula is C19H17N3O3S. The van der Waals surface area contributed by atoms with Gasteiger partial charge in [-0.25, -0.2) is 9.50 Å². The number of ether oxygens (including phenoxy) is 3. The van der Waals surface area contributed by atoms with Crippen LogP contribution >= 0.6 is 11.3 Å². The number of hydrogen-bond acceptors (Lipinski definition) is 6. The summed E-state index contributed by atoms with van der Waals surface area (Å²) in [7, 11) is 4.90. The van der Waals surface area contributed by atoms with E-state index in [0.717, 1.165) is 32.5 Å².